The molecule has 0 N–H and O–H groups in total. The third kappa shape index (κ3) is 3.74. The zero-order valence-electron chi connectivity index (χ0n) is 25.2. The minimum Gasteiger partial charge on any atom is -0.309 e. The van der Waals surface area contributed by atoms with Crippen molar-refractivity contribution in [3.05, 3.63) is 163 Å². The van der Waals surface area contributed by atoms with E-state index in [0.29, 0.717) is 9.79 Å². The van der Waals surface area contributed by atoms with Gasteiger partial charge in [0.2, 0.25) is 9.84 Å². The second kappa shape index (κ2) is 10.0. The average molecular weight is 612 g/mol. The Morgan fingerprint density at radius 2 is 0.913 bits per heavy atom. The van der Waals surface area contributed by atoms with Crippen molar-refractivity contribution in [2.45, 2.75) is 22.6 Å². The number of para-hydroxylation sites is 3. The highest BCUT2D eigenvalue weighted by Crippen LogP contribution is 2.53. The molecule has 7 aromatic carbocycles. The summed E-state index contributed by atoms with van der Waals surface area (Å²) < 4.78 is 28.1. The van der Waals surface area contributed by atoms with Crippen molar-refractivity contribution in [1.29, 1.82) is 0 Å². The summed E-state index contributed by atoms with van der Waals surface area (Å²) in [7, 11) is -3.70. The zero-order chi connectivity index (χ0) is 31.0. The van der Waals surface area contributed by atoms with Crippen LogP contribution < -0.4 is 4.90 Å². The van der Waals surface area contributed by atoms with Crippen molar-refractivity contribution in [1.82, 2.24) is 0 Å². The van der Waals surface area contributed by atoms with E-state index in [1.54, 1.807) is 12.1 Å². The van der Waals surface area contributed by atoms with Gasteiger partial charge < -0.3 is 4.90 Å². The van der Waals surface area contributed by atoms with Gasteiger partial charge in [0.05, 0.1) is 15.5 Å². The molecule has 2 aliphatic rings. The van der Waals surface area contributed by atoms with Crippen LogP contribution in [0.2, 0.25) is 0 Å². The van der Waals surface area contributed by atoms with Crippen LogP contribution in [0, 0.1) is 0 Å². The summed E-state index contributed by atoms with van der Waals surface area (Å²) >= 11 is 0. The smallest absolute Gasteiger partial charge is 0.208 e. The number of sulfone groups is 1. The number of nitrogens with zero attached hydrogens (tertiary/aromatic N) is 1. The van der Waals surface area contributed by atoms with Crippen molar-refractivity contribution < 1.29 is 8.42 Å². The van der Waals surface area contributed by atoms with Gasteiger partial charge in [-0.15, -0.1) is 0 Å². The highest BCUT2D eigenvalue weighted by atomic mass is 32.2. The lowest BCUT2D eigenvalue weighted by molar-refractivity contribution is 0.599. The fraction of sp³-hybridized carbons (Fsp3) is 0.0476. The molecule has 9 rings (SSSR count). The number of fused-ring (bicyclic) bond motifs is 6. The summed E-state index contributed by atoms with van der Waals surface area (Å²) in [6.07, 6.45) is 0. The maximum Gasteiger partial charge on any atom is 0.208 e. The third-order valence-corrected chi connectivity index (χ3v) is 11.6. The lowest BCUT2D eigenvalue weighted by atomic mass is 9.85. The molecule has 0 aromatic heterocycles. The first-order chi connectivity index (χ1) is 22.5. The first kappa shape index (κ1) is 26.9. The van der Waals surface area contributed by atoms with Gasteiger partial charge in [-0.1, -0.05) is 134 Å². The Balaban J connectivity index is 1.32. The molecule has 2 aliphatic heterocycles. The summed E-state index contributed by atoms with van der Waals surface area (Å²) in [5.41, 5.74) is 11.3. The van der Waals surface area contributed by atoms with Gasteiger partial charge in [-0.3, -0.25) is 0 Å². The summed E-state index contributed by atoms with van der Waals surface area (Å²) in [5, 5.41) is 2.09. The fourth-order valence-corrected chi connectivity index (χ4v) is 9.52. The molecule has 3 nitrogen and oxygen atoms in total. The summed E-state index contributed by atoms with van der Waals surface area (Å²) in [5.74, 6) is 0.270. The molecule has 0 unspecified atom stereocenters. The summed E-state index contributed by atoms with van der Waals surface area (Å²) in [6, 6.07) is 51.7. The first-order valence-corrected chi connectivity index (χ1v) is 17.1. The van der Waals surface area contributed by atoms with Crippen LogP contribution in [0.25, 0.3) is 44.2 Å². The van der Waals surface area contributed by atoms with E-state index in [0.717, 1.165) is 49.8 Å². The SMILES string of the molecule is CC1c2ccccc2N(c2ccccc2-c2cccc3cccc(-c4cccc5c4S(=O)(=O)c4ccccc4-5)c23)c2ccccc21. The highest BCUT2D eigenvalue weighted by molar-refractivity contribution is 7.92. The predicted molar refractivity (Wildman–Crippen MR) is 188 cm³/mol. The molecule has 0 saturated heterocycles. The lowest BCUT2D eigenvalue weighted by Gasteiger charge is -2.37. The molecule has 0 fully saturated rings. The van der Waals surface area contributed by atoms with E-state index in [1.807, 2.05) is 36.4 Å². The van der Waals surface area contributed by atoms with Crippen LogP contribution in [0.3, 0.4) is 0 Å². The normalized spacial score (nSPS) is 14.4. The monoisotopic (exact) mass is 611 g/mol. The van der Waals surface area contributed by atoms with E-state index < -0.39 is 9.84 Å². The van der Waals surface area contributed by atoms with Crippen molar-refractivity contribution in [2.24, 2.45) is 0 Å². The van der Waals surface area contributed by atoms with E-state index in [1.165, 1.54) is 22.5 Å². The lowest BCUT2D eigenvalue weighted by Crippen LogP contribution is -2.21. The minimum absolute atomic E-state index is 0.270. The Kier molecular flexibility index (Phi) is 5.87. The van der Waals surface area contributed by atoms with E-state index in [2.05, 4.69) is 115 Å². The van der Waals surface area contributed by atoms with Gasteiger partial charge in [0.15, 0.2) is 0 Å². The van der Waals surface area contributed by atoms with E-state index >= 15 is 0 Å². The van der Waals surface area contributed by atoms with Crippen molar-refractivity contribution in [3.8, 4) is 33.4 Å². The van der Waals surface area contributed by atoms with Gasteiger partial charge in [0, 0.05) is 39.5 Å². The second-order valence-electron chi connectivity index (χ2n) is 12.1. The first-order valence-electron chi connectivity index (χ1n) is 15.6. The number of anilines is 3. The van der Waals surface area contributed by atoms with Crippen LogP contribution in [0.15, 0.2) is 161 Å². The molecule has 0 saturated carbocycles. The largest absolute Gasteiger partial charge is 0.309 e. The third-order valence-electron chi connectivity index (χ3n) is 9.67. The van der Waals surface area contributed by atoms with Crippen LogP contribution >= 0.6 is 0 Å². The van der Waals surface area contributed by atoms with Crippen molar-refractivity contribution in [3.63, 3.8) is 0 Å². The molecule has 46 heavy (non-hydrogen) atoms. The number of hydrogen-bond acceptors (Lipinski definition) is 3. The Labute approximate surface area is 269 Å². The van der Waals surface area contributed by atoms with Crippen LogP contribution in [-0.2, 0) is 9.84 Å². The van der Waals surface area contributed by atoms with Crippen molar-refractivity contribution in [2.75, 3.05) is 4.90 Å². The summed E-state index contributed by atoms with van der Waals surface area (Å²) in [6.45, 7) is 2.28. The van der Waals surface area contributed by atoms with Crippen LogP contribution in [0.5, 0.6) is 0 Å². The second-order valence-corrected chi connectivity index (χ2v) is 13.9. The Morgan fingerprint density at radius 3 is 1.59 bits per heavy atom. The Bertz CT molecular complexity index is 2430. The van der Waals surface area contributed by atoms with Gasteiger partial charge in [-0.05, 0) is 57.3 Å². The molecule has 7 aromatic rings. The average Bonchev–Trinajstić information content (AvgIpc) is 3.34. The topological polar surface area (TPSA) is 37.4 Å². The van der Waals surface area contributed by atoms with E-state index in [-0.39, 0.29) is 5.92 Å². The summed E-state index contributed by atoms with van der Waals surface area (Å²) in [4.78, 5) is 3.16. The molecule has 0 aliphatic carbocycles. The van der Waals surface area contributed by atoms with Crippen LogP contribution in [0.4, 0.5) is 17.1 Å². The van der Waals surface area contributed by atoms with Gasteiger partial charge in [-0.2, -0.15) is 0 Å². The standard InChI is InChI=1S/C42H29NO2S/c1-27-29-15-2-6-23-37(29)43(38-24-7-3-16-30(27)38)39-25-8-4-17-31(39)33-19-10-13-28-14-11-20-34(41(28)33)36-22-12-21-35-32-18-5-9-26-40(32)46(44,45)42(35)36/h2-27H,1H3. The van der Waals surface area contributed by atoms with Crippen LogP contribution in [-0.4, -0.2) is 8.42 Å². The van der Waals surface area contributed by atoms with E-state index in [9.17, 15) is 8.42 Å². The molecule has 0 amide bonds. The van der Waals surface area contributed by atoms with Gasteiger partial charge in [-0.25, -0.2) is 8.42 Å². The molecule has 0 radical (unpaired) electrons. The van der Waals surface area contributed by atoms with Gasteiger partial charge in [0.25, 0.3) is 0 Å². The Hall–Kier alpha value is -5.45. The van der Waals surface area contributed by atoms with Crippen molar-refractivity contribution >= 4 is 37.7 Å². The molecular weight excluding hydrogens is 583 g/mol. The quantitative estimate of drug-likeness (QED) is 0.199. The molecule has 0 bridgehead atoms. The zero-order valence-corrected chi connectivity index (χ0v) is 26.0. The number of benzene rings is 7. The van der Waals surface area contributed by atoms with E-state index in [4.69, 9.17) is 0 Å². The maximum atomic E-state index is 14.1. The highest BCUT2D eigenvalue weighted by Gasteiger charge is 2.36. The number of rotatable bonds is 3. The van der Waals surface area contributed by atoms with Gasteiger partial charge >= 0.3 is 0 Å². The molecule has 2 heterocycles. The fourth-order valence-electron chi connectivity index (χ4n) is 7.64. The minimum atomic E-state index is -3.70. The van der Waals surface area contributed by atoms with Gasteiger partial charge in [0.1, 0.15) is 0 Å². The molecule has 4 heteroatoms. The predicted octanol–water partition coefficient (Wildman–Crippen LogP) is 10.9. The van der Waals surface area contributed by atoms with Crippen LogP contribution in [0.1, 0.15) is 24.0 Å². The molecule has 220 valence electrons. The molecule has 0 spiro atoms. The maximum absolute atomic E-state index is 14.1. The number of hydrogen-bond donors (Lipinski definition) is 0. The molecular formula is C42H29NO2S. The molecule has 0 atom stereocenters. The Morgan fingerprint density at radius 1 is 0.457 bits per heavy atom.